The minimum absolute atomic E-state index is 0.265. The van der Waals surface area contributed by atoms with Crippen LogP contribution in [0.4, 0.5) is 5.69 Å². The molecule has 0 saturated heterocycles. The number of aromatic nitrogens is 5. The van der Waals surface area contributed by atoms with Crippen molar-refractivity contribution >= 4 is 40.2 Å². The third-order valence-electron chi connectivity index (χ3n) is 4.41. The summed E-state index contributed by atoms with van der Waals surface area (Å²) < 4.78 is 1.73. The molecule has 0 fully saturated rings. The van der Waals surface area contributed by atoms with E-state index in [4.69, 9.17) is 16.7 Å². The Morgan fingerprint density at radius 2 is 1.97 bits per heavy atom. The minimum Gasteiger partial charge on any atom is -0.322 e. The van der Waals surface area contributed by atoms with Gasteiger partial charge in [0.05, 0.1) is 16.1 Å². The number of halogens is 1. The average Bonchev–Trinajstić information content (AvgIpc) is 3.43. The molecule has 5 aromatic rings. The van der Waals surface area contributed by atoms with Crippen molar-refractivity contribution < 1.29 is 4.79 Å². The smallest absolute Gasteiger partial charge is 0.257 e. The first-order valence-electron chi connectivity index (χ1n) is 8.97. The lowest BCUT2D eigenvalue weighted by atomic mass is 10.1. The maximum Gasteiger partial charge on any atom is 0.257 e. The fraction of sp³-hybridized carbons (Fsp3) is 0. The lowest BCUT2D eigenvalue weighted by molar-refractivity contribution is 0.102. The van der Waals surface area contributed by atoms with Crippen LogP contribution < -0.4 is 5.32 Å². The van der Waals surface area contributed by atoms with Crippen molar-refractivity contribution in [2.75, 3.05) is 5.32 Å². The number of hydrogen-bond acceptors (Lipinski definition) is 6. The molecule has 5 rings (SSSR count). The number of nitrogens with zero attached hydrogens (tertiary/aromatic N) is 5. The first-order chi connectivity index (χ1) is 14.7. The Kier molecular flexibility index (Phi) is 4.70. The van der Waals surface area contributed by atoms with E-state index in [1.54, 1.807) is 28.0 Å². The third kappa shape index (κ3) is 3.54. The van der Waals surface area contributed by atoms with E-state index < -0.39 is 0 Å². The SMILES string of the molecule is O=C(Nc1cccc(-c2ccc3nnc(-c4cccs4)n3n2)c1)c1ccc(Cl)nc1. The highest BCUT2D eigenvalue weighted by atomic mass is 35.5. The van der Waals surface area contributed by atoms with Crippen LogP contribution in [0.1, 0.15) is 10.4 Å². The zero-order valence-electron chi connectivity index (χ0n) is 15.4. The summed E-state index contributed by atoms with van der Waals surface area (Å²) in [5, 5.41) is 18.4. The first-order valence-corrected chi connectivity index (χ1v) is 10.2. The summed E-state index contributed by atoms with van der Waals surface area (Å²) in [4.78, 5) is 17.4. The number of nitrogens with one attached hydrogen (secondary N) is 1. The topological polar surface area (TPSA) is 85.1 Å². The van der Waals surface area contributed by atoms with Gasteiger partial charge in [0.15, 0.2) is 11.5 Å². The van der Waals surface area contributed by atoms with Crippen LogP contribution in [-0.4, -0.2) is 30.7 Å². The highest BCUT2D eigenvalue weighted by molar-refractivity contribution is 7.13. The summed E-state index contributed by atoms with van der Waals surface area (Å²) in [6, 6.07) is 18.4. The van der Waals surface area contributed by atoms with Gasteiger partial charge in [0, 0.05) is 17.4 Å². The van der Waals surface area contributed by atoms with Crippen LogP contribution in [0.3, 0.4) is 0 Å². The zero-order valence-corrected chi connectivity index (χ0v) is 16.9. The monoisotopic (exact) mass is 432 g/mol. The lowest BCUT2D eigenvalue weighted by Crippen LogP contribution is -2.12. The minimum atomic E-state index is -0.265. The van der Waals surface area contributed by atoms with Gasteiger partial charge in [-0.25, -0.2) is 4.98 Å². The van der Waals surface area contributed by atoms with E-state index in [0.717, 1.165) is 16.1 Å². The van der Waals surface area contributed by atoms with Crippen molar-refractivity contribution in [2.45, 2.75) is 0 Å². The number of carbonyl (C=O) groups excluding carboxylic acids is 1. The number of thiophene rings is 1. The molecule has 146 valence electrons. The summed E-state index contributed by atoms with van der Waals surface area (Å²) in [6.45, 7) is 0. The Morgan fingerprint density at radius 1 is 1.03 bits per heavy atom. The fourth-order valence-corrected chi connectivity index (χ4v) is 3.78. The Bertz CT molecular complexity index is 1350. The van der Waals surface area contributed by atoms with Gasteiger partial charge < -0.3 is 5.32 Å². The zero-order chi connectivity index (χ0) is 20.5. The molecule has 0 aliphatic heterocycles. The van der Waals surface area contributed by atoms with E-state index in [0.29, 0.717) is 27.9 Å². The molecule has 0 atom stereocenters. The van der Waals surface area contributed by atoms with E-state index in [1.807, 2.05) is 53.9 Å². The van der Waals surface area contributed by atoms with Crippen LogP contribution in [0.15, 0.2) is 72.2 Å². The third-order valence-corrected chi connectivity index (χ3v) is 5.50. The normalized spacial score (nSPS) is 11.0. The van der Waals surface area contributed by atoms with Gasteiger partial charge in [0.25, 0.3) is 5.91 Å². The molecular formula is C21H13ClN6OS. The van der Waals surface area contributed by atoms with E-state index in [2.05, 4.69) is 20.5 Å². The molecule has 0 aliphatic rings. The van der Waals surface area contributed by atoms with Gasteiger partial charge in [-0.1, -0.05) is 29.8 Å². The lowest BCUT2D eigenvalue weighted by Gasteiger charge is -2.08. The van der Waals surface area contributed by atoms with Crippen LogP contribution in [0, 0.1) is 0 Å². The molecule has 4 aromatic heterocycles. The second-order valence-corrected chi connectivity index (χ2v) is 7.73. The number of carbonyl (C=O) groups is 1. The molecule has 9 heteroatoms. The van der Waals surface area contributed by atoms with Gasteiger partial charge in [-0.05, 0) is 47.8 Å². The van der Waals surface area contributed by atoms with E-state index in [9.17, 15) is 4.79 Å². The maximum atomic E-state index is 12.5. The van der Waals surface area contributed by atoms with E-state index in [1.165, 1.54) is 6.20 Å². The summed E-state index contributed by atoms with van der Waals surface area (Å²) in [5.41, 5.74) is 3.34. The van der Waals surface area contributed by atoms with Crippen molar-refractivity contribution in [1.29, 1.82) is 0 Å². The first kappa shape index (κ1) is 18.4. The van der Waals surface area contributed by atoms with Crippen LogP contribution >= 0.6 is 22.9 Å². The Balaban J connectivity index is 1.46. The molecular weight excluding hydrogens is 420 g/mol. The number of anilines is 1. The van der Waals surface area contributed by atoms with Crippen molar-refractivity contribution in [2.24, 2.45) is 0 Å². The molecule has 7 nitrogen and oxygen atoms in total. The summed E-state index contributed by atoms with van der Waals surface area (Å²) in [6.07, 6.45) is 1.44. The number of hydrogen-bond donors (Lipinski definition) is 1. The molecule has 30 heavy (non-hydrogen) atoms. The highest BCUT2D eigenvalue weighted by Gasteiger charge is 2.12. The largest absolute Gasteiger partial charge is 0.322 e. The Hall–Kier alpha value is -3.62. The second kappa shape index (κ2) is 7.66. The van der Waals surface area contributed by atoms with Gasteiger partial charge in [0.1, 0.15) is 5.15 Å². The fourth-order valence-electron chi connectivity index (χ4n) is 2.97. The molecule has 1 amide bonds. The van der Waals surface area contributed by atoms with Crippen molar-refractivity contribution in [3.05, 3.63) is 83.0 Å². The summed E-state index contributed by atoms with van der Waals surface area (Å²) in [7, 11) is 0. The second-order valence-electron chi connectivity index (χ2n) is 6.39. The van der Waals surface area contributed by atoms with E-state index in [-0.39, 0.29) is 5.91 Å². The van der Waals surface area contributed by atoms with Crippen LogP contribution in [-0.2, 0) is 0 Å². The van der Waals surface area contributed by atoms with Gasteiger partial charge in [0.2, 0.25) is 0 Å². The molecule has 0 aliphatic carbocycles. The number of amides is 1. The van der Waals surface area contributed by atoms with Crippen LogP contribution in [0.2, 0.25) is 5.15 Å². The molecule has 0 radical (unpaired) electrons. The Labute approximate surface area is 180 Å². The summed E-state index contributed by atoms with van der Waals surface area (Å²) >= 11 is 7.36. The highest BCUT2D eigenvalue weighted by Crippen LogP contribution is 2.25. The van der Waals surface area contributed by atoms with Crippen LogP contribution in [0.5, 0.6) is 0 Å². The number of rotatable bonds is 4. The number of pyridine rings is 1. The van der Waals surface area contributed by atoms with Crippen molar-refractivity contribution in [1.82, 2.24) is 24.8 Å². The summed E-state index contributed by atoms with van der Waals surface area (Å²) in [5.74, 6) is 0.431. The van der Waals surface area contributed by atoms with Gasteiger partial charge in [-0.3, -0.25) is 4.79 Å². The van der Waals surface area contributed by atoms with Gasteiger partial charge >= 0.3 is 0 Å². The van der Waals surface area contributed by atoms with Gasteiger partial charge in [-0.2, -0.15) is 9.61 Å². The Morgan fingerprint density at radius 3 is 2.77 bits per heavy atom. The molecule has 0 spiro atoms. The quantitative estimate of drug-likeness (QED) is 0.411. The van der Waals surface area contributed by atoms with E-state index >= 15 is 0 Å². The molecule has 1 N–H and O–H groups in total. The molecule has 0 saturated carbocycles. The number of fused-ring (bicyclic) bond motifs is 1. The average molecular weight is 433 g/mol. The van der Waals surface area contributed by atoms with Crippen molar-refractivity contribution in [3.63, 3.8) is 0 Å². The standard InChI is InChI=1S/C21H13ClN6OS/c22-18-8-6-14(12-23-18)21(29)24-15-4-1-3-13(11-15)16-7-9-19-25-26-20(28(19)27-16)17-5-2-10-30-17/h1-12H,(H,24,29). The van der Waals surface area contributed by atoms with Crippen LogP contribution in [0.25, 0.3) is 27.6 Å². The predicted molar refractivity (Wildman–Crippen MR) is 117 cm³/mol. The molecule has 4 heterocycles. The molecule has 1 aromatic carbocycles. The van der Waals surface area contributed by atoms with Crippen molar-refractivity contribution in [3.8, 4) is 22.0 Å². The molecule has 0 bridgehead atoms. The van der Waals surface area contributed by atoms with Gasteiger partial charge in [-0.15, -0.1) is 21.5 Å². The molecule has 0 unspecified atom stereocenters. The number of benzene rings is 1. The maximum absolute atomic E-state index is 12.5. The predicted octanol–water partition coefficient (Wildman–Crippen LogP) is 4.82.